The molecule has 1 aliphatic rings. The monoisotopic (exact) mass is 435 g/mol. The minimum absolute atomic E-state index is 0. The molecule has 1 saturated heterocycles. The van der Waals surface area contributed by atoms with E-state index in [0.29, 0.717) is 24.3 Å². The van der Waals surface area contributed by atoms with Gasteiger partial charge in [-0.15, -0.1) is 12.4 Å². The molecule has 1 fully saturated rings. The number of carbonyl (C=O) groups excluding carboxylic acids is 1. The third kappa shape index (κ3) is 6.31. The fourth-order valence-electron chi connectivity index (χ4n) is 3.17. The third-order valence-electron chi connectivity index (χ3n) is 4.71. The van der Waals surface area contributed by atoms with Crippen molar-refractivity contribution in [3.05, 3.63) is 23.8 Å². The molecular formula is C18H30ClN3O5S. The summed E-state index contributed by atoms with van der Waals surface area (Å²) in [6, 6.07) is 4.63. The third-order valence-corrected chi connectivity index (χ3v) is 6.11. The summed E-state index contributed by atoms with van der Waals surface area (Å²) in [7, 11) is -0.595. The molecule has 1 aromatic rings. The Bertz CT molecular complexity index is 752. The highest BCUT2D eigenvalue weighted by atomic mass is 35.5. The van der Waals surface area contributed by atoms with Crippen molar-refractivity contribution in [1.82, 2.24) is 15.4 Å². The van der Waals surface area contributed by atoms with E-state index >= 15 is 0 Å². The van der Waals surface area contributed by atoms with Crippen LogP contribution in [0.25, 0.3) is 0 Å². The maximum atomic E-state index is 12.8. The van der Waals surface area contributed by atoms with Crippen LogP contribution < -0.4 is 20.1 Å². The number of amides is 1. The predicted octanol–water partition coefficient (Wildman–Crippen LogP) is 1.19. The number of hydrogen-bond acceptors (Lipinski definition) is 6. The molecule has 1 atom stereocenters. The molecule has 0 saturated carbocycles. The van der Waals surface area contributed by atoms with Crippen LogP contribution in [-0.2, 0) is 26.1 Å². The summed E-state index contributed by atoms with van der Waals surface area (Å²) in [5.74, 6) is 0.413. The fourth-order valence-corrected chi connectivity index (χ4v) is 4.34. The van der Waals surface area contributed by atoms with Crippen molar-refractivity contribution in [2.45, 2.75) is 43.2 Å². The lowest BCUT2D eigenvalue weighted by molar-refractivity contribution is -0.120. The molecular weight excluding hydrogens is 406 g/mol. The van der Waals surface area contributed by atoms with Crippen molar-refractivity contribution in [3.63, 3.8) is 0 Å². The minimum atomic E-state index is -3.71. The van der Waals surface area contributed by atoms with E-state index in [4.69, 9.17) is 9.47 Å². The van der Waals surface area contributed by atoms with Crippen LogP contribution in [0.4, 0.5) is 0 Å². The number of sulfonamides is 1. The van der Waals surface area contributed by atoms with Crippen LogP contribution in [0.1, 0.15) is 31.7 Å². The van der Waals surface area contributed by atoms with E-state index in [1.807, 2.05) is 0 Å². The molecule has 3 N–H and O–H groups in total. The highest BCUT2D eigenvalue weighted by Gasteiger charge is 2.34. The largest absolute Gasteiger partial charge is 0.496 e. The Kier molecular flexibility index (Phi) is 9.65. The maximum Gasteiger partial charge on any atom is 0.240 e. The van der Waals surface area contributed by atoms with Crippen molar-refractivity contribution >= 4 is 28.3 Å². The quantitative estimate of drug-likeness (QED) is 0.509. The minimum Gasteiger partial charge on any atom is -0.496 e. The van der Waals surface area contributed by atoms with E-state index < -0.39 is 10.0 Å². The van der Waals surface area contributed by atoms with Gasteiger partial charge in [0.25, 0.3) is 0 Å². The van der Waals surface area contributed by atoms with Crippen LogP contribution in [0.15, 0.2) is 23.1 Å². The lowest BCUT2D eigenvalue weighted by Crippen LogP contribution is -2.52. The lowest BCUT2D eigenvalue weighted by atomic mass is 9.99. The molecule has 1 unspecified atom stereocenters. The van der Waals surface area contributed by atoms with E-state index in [9.17, 15) is 13.2 Å². The summed E-state index contributed by atoms with van der Waals surface area (Å²) >= 11 is 0. The Labute approximate surface area is 173 Å². The van der Waals surface area contributed by atoms with Gasteiger partial charge in [0.05, 0.1) is 24.2 Å². The van der Waals surface area contributed by atoms with E-state index in [0.717, 1.165) is 19.4 Å². The number of hydrogen-bond donors (Lipinski definition) is 3. The Hall–Kier alpha value is -1.39. The molecule has 160 valence electrons. The number of nitrogens with one attached hydrogen (secondary N) is 3. The SMILES string of the molecule is CCC(=O)NCc1cc(S(=O)(=O)NCC2(COC)CCCN2)ccc1OC.Cl. The van der Waals surface area contributed by atoms with Gasteiger partial charge in [0, 0.05) is 32.2 Å². The van der Waals surface area contributed by atoms with E-state index in [1.54, 1.807) is 20.1 Å². The van der Waals surface area contributed by atoms with E-state index in [2.05, 4.69) is 15.4 Å². The van der Waals surface area contributed by atoms with Gasteiger partial charge in [-0.05, 0) is 37.6 Å². The summed E-state index contributed by atoms with van der Waals surface area (Å²) < 4.78 is 38.8. The molecule has 2 rings (SSSR count). The Balaban J connectivity index is 0.00000392. The molecule has 0 aliphatic carbocycles. The van der Waals surface area contributed by atoms with Gasteiger partial charge in [0.15, 0.2) is 0 Å². The zero-order chi connectivity index (χ0) is 19.9. The smallest absolute Gasteiger partial charge is 0.240 e. The van der Waals surface area contributed by atoms with Crippen LogP contribution >= 0.6 is 12.4 Å². The van der Waals surface area contributed by atoms with Crippen molar-refractivity contribution in [3.8, 4) is 5.75 Å². The number of carbonyl (C=O) groups is 1. The summed E-state index contributed by atoms with van der Waals surface area (Å²) in [6.07, 6.45) is 2.19. The van der Waals surface area contributed by atoms with Crippen LogP contribution in [-0.4, -0.2) is 53.8 Å². The van der Waals surface area contributed by atoms with Crippen LogP contribution in [0.5, 0.6) is 5.75 Å². The number of ether oxygens (including phenoxy) is 2. The molecule has 1 amide bonds. The summed E-state index contributed by atoms with van der Waals surface area (Å²) in [5.41, 5.74) is 0.222. The van der Waals surface area contributed by atoms with E-state index in [-0.39, 0.29) is 41.8 Å². The Morgan fingerprint density at radius 3 is 2.64 bits per heavy atom. The van der Waals surface area contributed by atoms with Gasteiger partial charge in [0.1, 0.15) is 5.75 Å². The van der Waals surface area contributed by atoms with Gasteiger partial charge >= 0.3 is 0 Å². The molecule has 0 bridgehead atoms. The molecule has 8 nitrogen and oxygen atoms in total. The molecule has 0 radical (unpaired) electrons. The first-order valence-corrected chi connectivity index (χ1v) is 10.5. The predicted molar refractivity (Wildman–Crippen MR) is 109 cm³/mol. The number of methoxy groups -OCH3 is 2. The first-order chi connectivity index (χ1) is 12.9. The summed E-state index contributed by atoms with van der Waals surface area (Å²) in [5, 5.41) is 6.09. The van der Waals surface area contributed by atoms with E-state index in [1.165, 1.54) is 19.2 Å². The first kappa shape index (κ1) is 24.6. The highest BCUT2D eigenvalue weighted by molar-refractivity contribution is 7.89. The number of halogens is 1. The topological polar surface area (TPSA) is 106 Å². The zero-order valence-corrected chi connectivity index (χ0v) is 18.2. The standard InChI is InChI=1S/C18H29N3O5S.ClH/c1-4-17(22)19-11-14-10-15(6-7-16(14)26-3)27(23,24)21-12-18(13-25-2)8-5-9-20-18;/h6-7,10,20-21H,4-5,8-9,11-13H2,1-3H3,(H,19,22);1H. The number of benzene rings is 1. The Morgan fingerprint density at radius 1 is 1.32 bits per heavy atom. The molecule has 28 heavy (non-hydrogen) atoms. The highest BCUT2D eigenvalue weighted by Crippen LogP contribution is 2.24. The van der Waals surface area contributed by atoms with Crippen LogP contribution in [0.3, 0.4) is 0 Å². The second kappa shape index (κ2) is 11.0. The molecule has 1 aromatic carbocycles. The second-order valence-corrected chi connectivity index (χ2v) is 8.44. The molecule has 10 heteroatoms. The van der Waals surface area contributed by atoms with Crippen molar-refractivity contribution in [2.75, 3.05) is 33.9 Å². The molecule has 0 spiro atoms. The molecule has 1 aliphatic heterocycles. The Morgan fingerprint density at radius 2 is 2.07 bits per heavy atom. The normalized spacial score (nSPS) is 19.1. The van der Waals surface area contributed by atoms with Gasteiger partial charge < -0.3 is 20.1 Å². The van der Waals surface area contributed by atoms with Crippen molar-refractivity contribution in [1.29, 1.82) is 0 Å². The number of rotatable bonds is 10. The summed E-state index contributed by atoms with van der Waals surface area (Å²) in [4.78, 5) is 11.6. The van der Waals surface area contributed by atoms with Crippen LogP contribution in [0, 0.1) is 0 Å². The average molecular weight is 436 g/mol. The van der Waals surface area contributed by atoms with Crippen molar-refractivity contribution < 1.29 is 22.7 Å². The van der Waals surface area contributed by atoms with Gasteiger partial charge in [-0.3, -0.25) is 4.79 Å². The van der Waals surface area contributed by atoms with Gasteiger partial charge in [-0.2, -0.15) is 0 Å². The maximum absolute atomic E-state index is 12.8. The van der Waals surface area contributed by atoms with Gasteiger partial charge in [-0.1, -0.05) is 6.92 Å². The first-order valence-electron chi connectivity index (χ1n) is 9.03. The lowest BCUT2D eigenvalue weighted by Gasteiger charge is -2.28. The van der Waals surface area contributed by atoms with Crippen LogP contribution in [0.2, 0.25) is 0 Å². The fraction of sp³-hybridized carbons (Fsp3) is 0.611. The van der Waals surface area contributed by atoms with Crippen molar-refractivity contribution in [2.24, 2.45) is 0 Å². The van der Waals surface area contributed by atoms with Gasteiger partial charge in [-0.25, -0.2) is 13.1 Å². The second-order valence-electron chi connectivity index (χ2n) is 6.67. The summed E-state index contributed by atoms with van der Waals surface area (Å²) in [6.45, 7) is 3.48. The molecule has 1 heterocycles. The van der Waals surface area contributed by atoms with Gasteiger partial charge in [0.2, 0.25) is 15.9 Å². The zero-order valence-electron chi connectivity index (χ0n) is 16.5. The average Bonchev–Trinajstić information content (AvgIpc) is 3.13. The molecule has 0 aromatic heterocycles.